The van der Waals surface area contributed by atoms with Crippen molar-refractivity contribution in [1.29, 1.82) is 0 Å². The topological polar surface area (TPSA) is 30.7 Å². The van der Waals surface area contributed by atoms with Gasteiger partial charge in [-0.3, -0.25) is 4.79 Å². The van der Waals surface area contributed by atoms with Gasteiger partial charge in [-0.15, -0.1) is 0 Å². The monoisotopic (exact) mass is 276 g/mol. The van der Waals surface area contributed by atoms with Crippen LogP contribution in [0, 0.1) is 0 Å². The number of hydrogen-bond donors (Lipinski definition) is 1. The van der Waals surface area contributed by atoms with E-state index in [2.05, 4.69) is 26.0 Å². The van der Waals surface area contributed by atoms with Crippen molar-refractivity contribution in [3.8, 4) is 0 Å². The first-order chi connectivity index (χ1) is 9.64. The van der Waals surface area contributed by atoms with E-state index < -0.39 is 5.60 Å². The Morgan fingerprint density at radius 1 is 1.30 bits per heavy atom. The molecule has 1 aromatic carbocycles. The second-order valence-electron chi connectivity index (χ2n) is 5.60. The molecule has 0 saturated heterocycles. The van der Waals surface area contributed by atoms with Gasteiger partial charge >= 0.3 is 0 Å². The number of quaternary nitrogens is 1. The third kappa shape index (κ3) is 2.79. The lowest BCUT2D eigenvalue weighted by Gasteiger charge is -2.37. The van der Waals surface area contributed by atoms with Gasteiger partial charge in [-0.05, 0) is 38.3 Å². The number of ketones is 1. The zero-order valence-corrected chi connectivity index (χ0v) is 12.9. The minimum absolute atomic E-state index is 0.135. The highest BCUT2D eigenvalue weighted by Crippen LogP contribution is 2.36. The third-order valence-corrected chi connectivity index (χ3v) is 4.57. The van der Waals surface area contributed by atoms with Crippen LogP contribution in [0.5, 0.6) is 0 Å². The molecule has 0 spiro atoms. The minimum atomic E-state index is -0.718. The molecule has 0 bridgehead atoms. The molecule has 0 amide bonds. The van der Waals surface area contributed by atoms with E-state index in [1.165, 1.54) is 10.5 Å². The Kier molecular flexibility index (Phi) is 4.95. The lowest BCUT2D eigenvalue weighted by Crippen LogP contribution is -3.11. The molecule has 1 aromatic rings. The van der Waals surface area contributed by atoms with Gasteiger partial charge in [0.15, 0.2) is 11.4 Å². The van der Waals surface area contributed by atoms with E-state index in [1.807, 2.05) is 12.1 Å². The molecular formula is C17H26NO2+. The van der Waals surface area contributed by atoms with Crippen molar-refractivity contribution in [3.63, 3.8) is 0 Å². The van der Waals surface area contributed by atoms with Gasteiger partial charge in [0.1, 0.15) is 0 Å². The molecule has 3 nitrogen and oxygen atoms in total. The second-order valence-corrected chi connectivity index (χ2v) is 5.60. The SMILES string of the molecule is CC[NH+](CC)CCC1(C(C)=O)OCCc2ccccc21. The Hall–Kier alpha value is -1.19. The molecule has 110 valence electrons. The molecule has 1 N–H and O–H groups in total. The van der Waals surface area contributed by atoms with E-state index in [0.29, 0.717) is 6.61 Å². The Morgan fingerprint density at radius 3 is 2.65 bits per heavy atom. The van der Waals surface area contributed by atoms with Crippen LogP contribution < -0.4 is 4.90 Å². The first-order valence-electron chi connectivity index (χ1n) is 7.71. The van der Waals surface area contributed by atoms with E-state index in [0.717, 1.165) is 38.0 Å². The molecule has 1 atom stereocenters. The van der Waals surface area contributed by atoms with Crippen molar-refractivity contribution >= 4 is 5.78 Å². The molecule has 2 rings (SSSR count). The highest BCUT2D eigenvalue weighted by Gasteiger charge is 2.42. The van der Waals surface area contributed by atoms with Crippen molar-refractivity contribution in [1.82, 2.24) is 0 Å². The van der Waals surface area contributed by atoms with Crippen LogP contribution in [0.25, 0.3) is 0 Å². The van der Waals surface area contributed by atoms with Crippen LogP contribution in [0.2, 0.25) is 0 Å². The molecular weight excluding hydrogens is 250 g/mol. The van der Waals surface area contributed by atoms with Gasteiger partial charge in [-0.1, -0.05) is 24.3 Å². The van der Waals surface area contributed by atoms with Gasteiger partial charge in [-0.2, -0.15) is 0 Å². The number of carbonyl (C=O) groups excluding carboxylic acids is 1. The predicted molar refractivity (Wildman–Crippen MR) is 80.0 cm³/mol. The van der Waals surface area contributed by atoms with Crippen molar-refractivity contribution < 1.29 is 14.4 Å². The first kappa shape index (κ1) is 15.2. The summed E-state index contributed by atoms with van der Waals surface area (Å²) in [4.78, 5) is 13.8. The van der Waals surface area contributed by atoms with Crippen LogP contribution in [0.4, 0.5) is 0 Å². The van der Waals surface area contributed by atoms with Crippen molar-refractivity contribution in [2.45, 2.75) is 39.2 Å². The van der Waals surface area contributed by atoms with E-state index in [1.54, 1.807) is 6.92 Å². The summed E-state index contributed by atoms with van der Waals surface area (Å²) in [5.41, 5.74) is 1.64. The lowest BCUT2D eigenvalue weighted by atomic mass is 9.81. The van der Waals surface area contributed by atoms with E-state index in [4.69, 9.17) is 4.74 Å². The summed E-state index contributed by atoms with van der Waals surface area (Å²) >= 11 is 0. The van der Waals surface area contributed by atoms with Crippen LogP contribution in [0.3, 0.4) is 0 Å². The highest BCUT2D eigenvalue weighted by atomic mass is 16.5. The Bertz CT molecular complexity index is 468. The van der Waals surface area contributed by atoms with Crippen LogP contribution in [-0.2, 0) is 21.6 Å². The van der Waals surface area contributed by atoms with Crippen molar-refractivity contribution in [3.05, 3.63) is 35.4 Å². The van der Waals surface area contributed by atoms with E-state index in [9.17, 15) is 4.79 Å². The fourth-order valence-corrected chi connectivity index (χ4v) is 3.18. The maximum absolute atomic E-state index is 12.3. The smallest absolute Gasteiger partial charge is 0.166 e. The van der Waals surface area contributed by atoms with Gasteiger partial charge in [0.2, 0.25) is 0 Å². The average Bonchev–Trinajstić information content (AvgIpc) is 2.48. The Balaban J connectivity index is 2.30. The molecule has 0 aromatic heterocycles. The summed E-state index contributed by atoms with van der Waals surface area (Å²) in [6.45, 7) is 9.84. The molecule has 3 heteroatoms. The van der Waals surface area contributed by atoms with Gasteiger partial charge in [0, 0.05) is 6.42 Å². The van der Waals surface area contributed by atoms with Crippen LogP contribution in [0.1, 0.15) is 38.3 Å². The summed E-state index contributed by atoms with van der Waals surface area (Å²) in [5, 5.41) is 0. The number of rotatable bonds is 6. The Morgan fingerprint density at radius 2 is 2.00 bits per heavy atom. The summed E-state index contributed by atoms with van der Waals surface area (Å²) in [5.74, 6) is 0.135. The molecule has 0 aliphatic carbocycles. The fourth-order valence-electron chi connectivity index (χ4n) is 3.18. The number of ether oxygens (including phenoxy) is 1. The van der Waals surface area contributed by atoms with Crippen molar-refractivity contribution in [2.24, 2.45) is 0 Å². The number of benzene rings is 1. The molecule has 1 unspecified atom stereocenters. The fraction of sp³-hybridized carbons (Fsp3) is 0.588. The predicted octanol–water partition coefficient (Wildman–Crippen LogP) is 1.36. The van der Waals surface area contributed by atoms with Crippen LogP contribution >= 0.6 is 0 Å². The van der Waals surface area contributed by atoms with Gasteiger partial charge in [0.25, 0.3) is 0 Å². The second kappa shape index (κ2) is 6.51. The zero-order valence-electron chi connectivity index (χ0n) is 12.9. The molecule has 20 heavy (non-hydrogen) atoms. The van der Waals surface area contributed by atoms with Crippen LogP contribution in [-0.4, -0.2) is 32.0 Å². The van der Waals surface area contributed by atoms with Gasteiger partial charge in [0.05, 0.1) is 26.2 Å². The summed E-state index contributed by atoms with van der Waals surface area (Å²) < 4.78 is 6.03. The highest BCUT2D eigenvalue weighted by molar-refractivity contribution is 5.87. The molecule has 0 radical (unpaired) electrons. The van der Waals surface area contributed by atoms with E-state index in [-0.39, 0.29) is 5.78 Å². The lowest BCUT2D eigenvalue weighted by molar-refractivity contribution is -0.897. The summed E-state index contributed by atoms with van der Waals surface area (Å²) in [6, 6.07) is 8.24. The van der Waals surface area contributed by atoms with Crippen LogP contribution in [0.15, 0.2) is 24.3 Å². The molecule has 1 aliphatic rings. The van der Waals surface area contributed by atoms with Gasteiger partial charge in [-0.25, -0.2) is 0 Å². The zero-order chi connectivity index (χ0) is 14.6. The maximum atomic E-state index is 12.3. The van der Waals surface area contributed by atoms with Crippen molar-refractivity contribution in [2.75, 3.05) is 26.2 Å². The number of hydrogen-bond acceptors (Lipinski definition) is 2. The largest absolute Gasteiger partial charge is 0.362 e. The number of carbonyl (C=O) groups is 1. The quantitative estimate of drug-likeness (QED) is 0.850. The maximum Gasteiger partial charge on any atom is 0.166 e. The Labute approximate surface area is 121 Å². The standard InChI is InChI=1S/C17H25NO2/c1-4-18(5-2)12-11-17(14(3)19)16-9-7-6-8-15(16)10-13-20-17/h6-9H,4-5,10-13H2,1-3H3/p+1. The third-order valence-electron chi connectivity index (χ3n) is 4.57. The van der Waals surface area contributed by atoms with Gasteiger partial charge < -0.3 is 9.64 Å². The average molecular weight is 276 g/mol. The van der Waals surface area contributed by atoms with E-state index >= 15 is 0 Å². The number of nitrogens with one attached hydrogen (secondary N) is 1. The first-order valence-corrected chi connectivity index (χ1v) is 7.71. The summed E-state index contributed by atoms with van der Waals surface area (Å²) in [6.07, 6.45) is 1.68. The summed E-state index contributed by atoms with van der Waals surface area (Å²) in [7, 11) is 0. The normalized spacial score (nSPS) is 21.8. The number of Topliss-reactive ketones (excluding diaryl/α,β-unsaturated/α-hetero) is 1. The number of fused-ring (bicyclic) bond motifs is 1. The molecule has 1 aliphatic heterocycles. The molecule has 0 saturated carbocycles. The molecule has 1 heterocycles. The molecule has 0 fully saturated rings. The minimum Gasteiger partial charge on any atom is -0.362 e.